The molecule has 0 unspecified atom stereocenters. The van der Waals surface area contributed by atoms with Crippen molar-refractivity contribution < 1.29 is 14.7 Å². The lowest BCUT2D eigenvalue weighted by molar-refractivity contribution is -0.142. The number of aliphatic carboxylic acids is 1. The SMILES string of the molecule is CCn1cc(C(=O)N2Cc3ccccc3C[C@H]2C(=O)O)cn1. The number of rotatable bonds is 3. The van der Waals surface area contributed by atoms with Gasteiger partial charge in [0.15, 0.2) is 0 Å². The van der Waals surface area contributed by atoms with Gasteiger partial charge in [-0.25, -0.2) is 4.79 Å². The van der Waals surface area contributed by atoms with Crippen molar-refractivity contribution in [3.63, 3.8) is 0 Å². The number of hydrogen-bond acceptors (Lipinski definition) is 3. The number of carbonyl (C=O) groups is 2. The summed E-state index contributed by atoms with van der Waals surface area (Å²) in [5, 5.41) is 13.6. The van der Waals surface area contributed by atoms with Gasteiger partial charge in [0, 0.05) is 25.7 Å². The highest BCUT2D eigenvalue weighted by Crippen LogP contribution is 2.25. The van der Waals surface area contributed by atoms with Gasteiger partial charge < -0.3 is 10.0 Å². The zero-order valence-corrected chi connectivity index (χ0v) is 12.3. The molecule has 1 aliphatic heterocycles. The molecular weight excluding hydrogens is 282 g/mol. The molecule has 0 radical (unpaired) electrons. The number of nitrogens with zero attached hydrogens (tertiary/aromatic N) is 3. The second-order valence-electron chi connectivity index (χ2n) is 5.34. The first-order valence-electron chi connectivity index (χ1n) is 7.23. The summed E-state index contributed by atoms with van der Waals surface area (Å²) in [5.41, 5.74) is 2.41. The molecule has 0 saturated carbocycles. The molecule has 0 fully saturated rings. The maximum atomic E-state index is 12.7. The predicted octanol–water partition coefficient (Wildman–Crippen LogP) is 1.55. The normalized spacial score (nSPS) is 17.1. The highest BCUT2D eigenvalue weighted by molar-refractivity contribution is 5.96. The van der Waals surface area contributed by atoms with Crippen LogP contribution in [0.5, 0.6) is 0 Å². The van der Waals surface area contributed by atoms with Crippen molar-refractivity contribution in [2.45, 2.75) is 32.5 Å². The molecule has 1 N–H and O–H groups in total. The third-order valence-corrected chi connectivity index (χ3v) is 4.00. The Morgan fingerprint density at radius 3 is 2.68 bits per heavy atom. The van der Waals surface area contributed by atoms with Crippen LogP contribution in [0.2, 0.25) is 0 Å². The van der Waals surface area contributed by atoms with Gasteiger partial charge in [-0.1, -0.05) is 24.3 Å². The van der Waals surface area contributed by atoms with Crippen molar-refractivity contribution in [1.82, 2.24) is 14.7 Å². The molecule has 6 heteroatoms. The van der Waals surface area contributed by atoms with E-state index in [1.165, 1.54) is 11.1 Å². The number of aryl methyl sites for hydroxylation is 1. The van der Waals surface area contributed by atoms with E-state index in [9.17, 15) is 14.7 Å². The number of aromatic nitrogens is 2. The lowest BCUT2D eigenvalue weighted by Gasteiger charge is -2.34. The summed E-state index contributed by atoms with van der Waals surface area (Å²) in [7, 11) is 0. The van der Waals surface area contributed by atoms with E-state index in [1.54, 1.807) is 10.9 Å². The Morgan fingerprint density at radius 1 is 1.32 bits per heavy atom. The predicted molar refractivity (Wildman–Crippen MR) is 79.3 cm³/mol. The van der Waals surface area contributed by atoms with E-state index >= 15 is 0 Å². The lowest BCUT2D eigenvalue weighted by Crippen LogP contribution is -2.48. The Labute approximate surface area is 128 Å². The number of carboxylic acid groups (broad SMARTS) is 1. The minimum Gasteiger partial charge on any atom is -0.480 e. The maximum absolute atomic E-state index is 12.7. The molecule has 0 saturated heterocycles. The first-order chi connectivity index (χ1) is 10.6. The largest absolute Gasteiger partial charge is 0.480 e. The fourth-order valence-corrected chi connectivity index (χ4v) is 2.77. The molecular formula is C16H17N3O3. The van der Waals surface area contributed by atoms with Gasteiger partial charge in [0.2, 0.25) is 0 Å². The number of fused-ring (bicyclic) bond motifs is 1. The zero-order chi connectivity index (χ0) is 15.7. The summed E-state index contributed by atoms with van der Waals surface area (Å²) in [6.45, 7) is 2.90. The first kappa shape index (κ1) is 14.3. The molecule has 1 atom stereocenters. The van der Waals surface area contributed by atoms with Crippen molar-refractivity contribution in [3.05, 3.63) is 53.3 Å². The molecule has 6 nitrogen and oxygen atoms in total. The van der Waals surface area contributed by atoms with Crippen LogP contribution in [0, 0.1) is 0 Å². The standard InChI is InChI=1S/C16H17N3O3/c1-2-18-9-13(8-17-18)15(20)19-10-12-6-4-3-5-11(12)7-14(19)16(21)22/h3-6,8-9,14H,2,7,10H2,1H3,(H,21,22)/t14-/m0/s1. The zero-order valence-electron chi connectivity index (χ0n) is 12.3. The number of carboxylic acids is 1. The van der Waals surface area contributed by atoms with Crippen molar-refractivity contribution in [2.24, 2.45) is 0 Å². The average molecular weight is 299 g/mol. The fourth-order valence-electron chi connectivity index (χ4n) is 2.77. The van der Waals surface area contributed by atoms with E-state index in [0.29, 0.717) is 25.1 Å². The Kier molecular flexibility index (Phi) is 3.66. The van der Waals surface area contributed by atoms with Gasteiger partial charge in [0.25, 0.3) is 5.91 Å². The van der Waals surface area contributed by atoms with Gasteiger partial charge >= 0.3 is 5.97 Å². The van der Waals surface area contributed by atoms with Crippen LogP contribution in [0.4, 0.5) is 0 Å². The molecule has 1 aliphatic rings. The van der Waals surface area contributed by atoms with Crippen LogP contribution >= 0.6 is 0 Å². The molecule has 0 spiro atoms. The first-order valence-corrected chi connectivity index (χ1v) is 7.23. The number of benzene rings is 1. The molecule has 114 valence electrons. The topological polar surface area (TPSA) is 75.4 Å². The average Bonchev–Trinajstić information content (AvgIpc) is 3.02. The van der Waals surface area contributed by atoms with Crippen molar-refractivity contribution in [1.29, 1.82) is 0 Å². The molecule has 2 heterocycles. The summed E-state index contributed by atoms with van der Waals surface area (Å²) in [4.78, 5) is 25.6. The smallest absolute Gasteiger partial charge is 0.326 e. The number of amides is 1. The molecule has 1 amide bonds. The van der Waals surface area contributed by atoms with Crippen LogP contribution < -0.4 is 0 Å². The summed E-state index contributed by atoms with van der Waals surface area (Å²) in [6.07, 6.45) is 3.48. The Balaban J connectivity index is 1.93. The van der Waals surface area contributed by atoms with Crippen LogP contribution in [0.1, 0.15) is 28.4 Å². The third-order valence-electron chi connectivity index (χ3n) is 4.00. The summed E-state index contributed by atoms with van der Waals surface area (Å²) in [5.74, 6) is -1.27. The van der Waals surface area contributed by atoms with Crippen molar-refractivity contribution in [3.8, 4) is 0 Å². The van der Waals surface area contributed by atoms with E-state index in [1.807, 2.05) is 31.2 Å². The Morgan fingerprint density at radius 2 is 2.05 bits per heavy atom. The molecule has 0 aliphatic carbocycles. The summed E-state index contributed by atoms with van der Waals surface area (Å²) >= 11 is 0. The van der Waals surface area contributed by atoms with E-state index in [2.05, 4.69) is 5.10 Å². The number of hydrogen-bond donors (Lipinski definition) is 1. The Bertz CT molecular complexity index is 723. The van der Waals surface area contributed by atoms with Crippen molar-refractivity contribution in [2.75, 3.05) is 0 Å². The quantitative estimate of drug-likeness (QED) is 0.933. The lowest BCUT2D eigenvalue weighted by atomic mass is 9.93. The van der Waals surface area contributed by atoms with E-state index < -0.39 is 12.0 Å². The number of carbonyl (C=O) groups excluding carboxylic acids is 1. The second kappa shape index (κ2) is 5.63. The maximum Gasteiger partial charge on any atom is 0.326 e. The van der Waals surface area contributed by atoms with Crippen LogP contribution in [-0.4, -0.2) is 37.7 Å². The highest BCUT2D eigenvalue weighted by Gasteiger charge is 2.35. The van der Waals surface area contributed by atoms with Gasteiger partial charge in [0.1, 0.15) is 6.04 Å². The molecule has 2 aromatic rings. The molecule has 22 heavy (non-hydrogen) atoms. The van der Waals surface area contributed by atoms with Crippen LogP contribution in [0.15, 0.2) is 36.7 Å². The van der Waals surface area contributed by atoms with Gasteiger partial charge in [-0.15, -0.1) is 0 Å². The van der Waals surface area contributed by atoms with Gasteiger partial charge in [-0.2, -0.15) is 5.10 Å². The summed E-state index contributed by atoms with van der Waals surface area (Å²) in [6, 6.07) is 6.80. The van der Waals surface area contributed by atoms with E-state index in [4.69, 9.17) is 0 Å². The van der Waals surface area contributed by atoms with Crippen LogP contribution in [0.25, 0.3) is 0 Å². The molecule has 0 bridgehead atoms. The fraction of sp³-hybridized carbons (Fsp3) is 0.312. The summed E-state index contributed by atoms with van der Waals surface area (Å²) < 4.78 is 1.65. The highest BCUT2D eigenvalue weighted by atomic mass is 16.4. The molecule has 1 aromatic carbocycles. The van der Waals surface area contributed by atoms with Gasteiger partial charge in [0.05, 0.1) is 11.8 Å². The third kappa shape index (κ3) is 2.47. The Hall–Kier alpha value is -2.63. The van der Waals surface area contributed by atoms with Gasteiger partial charge in [-0.3, -0.25) is 9.48 Å². The van der Waals surface area contributed by atoms with Crippen LogP contribution in [0.3, 0.4) is 0 Å². The molecule has 1 aromatic heterocycles. The van der Waals surface area contributed by atoms with E-state index in [0.717, 1.165) is 11.1 Å². The minimum atomic E-state index is -0.981. The van der Waals surface area contributed by atoms with Crippen molar-refractivity contribution >= 4 is 11.9 Å². The van der Waals surface area contributed by atoms with E-state index in [-0.39, 0.29) is 5.91 Å². The minimum absolute atomic E-state index is 0.290. The monoisotopic (exact) mass is 299 g/mol. The van der Waals surface area contributed by atoms with Gasteiger partial charge in [-0.05, 0) is 18.1 Å². The van der Waals surface area contributed by atoms with Crippen LogP contribution in [-0.2, 0) is 24.3 Å². The molecule has 3 rings (SSSR count). The second-order valence-corrected chi connectivity index (χ2v) is 5.34.